The maximum absolute atomic E-state index is 13.2. The number of aryl methyl sites for hydroxylation is 3. The molecule has 0 bridgehead atoms. The van der Waals surface area contributed by atoms with Crippen LogP contribution in [0.3, 0.4) is 0 Å². The van der Waals surface area contributed by atoms with Crippen molar-refractivity contribution in [2.24, 2.45) is 0 Å². The number of carbonyl (C=O) groups is 1. The van der Waals surface area contributed by atoms with E-state index in [0.717, 1.165) is 29.5 Å². The van der Waals surface area contributed by atoms with Gasteiger partial charge in [0.05, 0.1) is 10.6 Å². The molecule has 4 aromatic rings. The smallest absolute Gasteiger partial charge is 0.261 e. The van der Waals surface area contributed by atoms with Gasteiger partial charge in [0.1, 0.15) is 0 Å². The Kier molecular flexibility index (Phi) is 5.17. The average molecular weight is 457 g/mol. The van der Waals surface area contributed by atoms with E-state index in [4.69, 9.17) is 0 Å². The van der Waals surface area contributed by atoms with Crippen LogP contribution in [0, 0.1) is 13.8 Å². The quantitative estimate of drug-likeness (QED) is 0.410. The summed E-state index contributed by atoms with van der Waals surface area (Å²) in [6.07, 6.45) is 2.04. The van der Waals surface area contributed by atoms with E-state index in [2.05, 4.69) is 22.2 Å². The maximum Gasteiger partial charge on any atom is 0.261 e. The summed E-state index contributed by atoms with van der Waals surface area (Å²) in [4.78, 5) is 13.4. The van der Waals surface area contributed by atoms with Crippen LogP contribution in [0.2, 0.25) is 0 Å². The van der Waals surface area contributed by atoms with Gasteiger partial charge in [0.2, 0.25) is 0 Å². The monoisotopic (exact) mass is 456 g/mol. The Morgan fingerprint density at radius 1 is 0.788 bits per heavy atom. The van der Waals surface area contributed by atoms with Crippen molar-refractivity contribution in [2.45, 2.75) is 31.6 Å². The van der Waals surface area contributed by atoms with Gasteiger partial charge in [-0.2, -0.15) is 0 Å². The van der Waals surface area contributed by atoms with Crippen molar-refractivity contribution in [2.75, 3.05) is 10.0 Å². The molecular weight excluding hydrogens is 432 g/mol. The molecule has 5 nitrogen and oxygen atoms in total. The molecule has 0 saturated heterocycles. The van der Waals surface area contributed by atoms with Crippen molar-refractivity contribution in [3.8, 4) is 0 Å². The van der Waals surface area contributed by atoms with Crippen molar-refractivity contribution < 1.29 is 13.2 Å². The second kappa shape index (κ2) is 8.05. The van der Waals surface area contributed by atoms with Crippen molar-refractivity contribution in [1.82, 2.24) is 0 Å². The fourth-order valence-corrected chi connectivity index (χ4v) is 5.58. The SMILES string of the molecule is Cc1ccc(S(=O)(=O)Nc2cccc(C(=O)Nc3ccc4c5c(cccc35)CC4)c2C)cc1. The second-order valence-electron chi connectivity index (χ2n) is 8.46. The molecule has 1 aliphatic rings. The third kappa shape index (κ3) is 3.87. The number of anilines is 2. The van der Waals surface area contributed by atoms with Crippen LogP contribution in [-0.2, 0) is 22.9 Å². The van der Waals surface area contributed by atoms with Crippen LogP contribution in [0.15, 0.2) is 77.7 Å². The molecule has 0 fully saturated rings. The van der Waals surface area contributed by atoms with Crippen LogP contribution in [-0.4, -0.2) is 14.3 Å². The standard InChI is InChI=1S/C27H24N2O3S/c1-17-9-14-21(15-10-17)33(31,32)29-24-8-4-6-22(18(24)2)27(30)28-25-16-13-20-12-11-19-5-3-7-23(25)26(19)20/h3-10,13-16,29H,11-12H2,1-2H3,(H,28,30). The van der Waals surface area contributed by atoms with Crippen LogP contribution in [0.5, 0.6) is 0 Å². The summed E-state index contributed by atoms with van der Waals surface area (Å²) in [7, 11) is -3.77. The van der Waals surface area contributed by atoms with Gasteiger partial charge in [-0.25, -0.2) is 8.42 Å². The highest BCUT2D eigenvalue weighted by molar-refractivity contribution is 7.92. The van der Waals surface area contributed by atoms with E-state index in [0.29, 0.717) is 16.8 Å². The highest BCUT2D eigenvalue weighted by Crippen LogP contribution is 2.35. The fourth-order valence-electron chi connectivity index (χ4n) is 4.46. The first kappa shape index (κ1) is 21.2. The Morgan fingerprint density at radius 2 is 1.48 bits per heavy atom. The summed E-state index contributed by atoms with van der Waals surface area (Å²) in [6, 6.07) is 21.9. The number of carbonyl (C=O) groups excluding carboxylic acids is 1. The fraction of sp³-hybridized carbons (Fsp3) is 0.148. The van der Waals surface area contributed by atoms with Gasteiger partial charge < -0.3 is 5.32 Å². The lowest BCUT2D eigenvalue weighted by molar-refractivity contribution is 0.102. The number of sulfonamides is 1. The summed E-state index contributed by atoms with van der Waals surface area (Å²) in [5.41, 5.74) is 5.71. The third-order valence-corrected chi connectivity index (χ3v) is 7.66. The summed E-state index contributed by atoms with van der Waals surface area (Å²) < 4.78 is 28.3. The minimum Gasteiger partial charge on any atom is -0.321 e. The molecule has 0 unspecified atom stereocenters. The molecule has 1 amide bonds. The lowest BCUT2D eigenvalue weighted by Gasteiger charge is -2.15. The molecule has 0 spiro atoms. The van der Waals surface area contributed by atoms with E-state index < -0.39 is 10.0 Å². The number of amides is 1. The zero-order chi connectivity index (χ0) is 23.2. The van der Waals surface area contributed by atoms with E-state index >= 15 is 0 Å². The summed E-state index contributed by atoms with van der Waals surface area (Å²) in [5, 5.41) is 5.30. The Labute approximate surface area is 193 Å². The number of rotatable bonds is 5. The molecule has 4 aromatic carbocycles. The molecule has 1 aliphatic carbocycles. The maximum atomic E-state index is 13.2. The van der Waals surface area contributed by atoms with Crippen molar-refractivity contribution in [3.63, 3.8) is 0 Å². The molecule has 0 saturated carbocycles. The topological polar surface area (TPSA) is 75.3 Å². The zero-order valence-corrected chi connectivity index (χ0v) is 19.3. The Balaban J connectivity index is 1.44. The molecule has 166 valence electrons. The minimum absolute atomic E-state index is 0.176. The molecule has 0 radical (unpaired) electrons. The van der Waals surface area contributed by atoms with Gasteiger partial charge in [0.25, 0.3) is 15.9 Å². The summed E-state index contributed by atoms with van der Waals surface area (Å²) in [6.45, 7) is 3.65. The highest BCUT2D eigenvalue weighted by atomic mass is 32.2. The van der Waals surface area contributed by atoms with Gasteiger partial charge in [0, 0.05) is 16.6 Å². The van der Waals surface area contributed by atoms with E-state index in [1.54, 1.807) is 49.4 Å². The molecule has 33 heavy (non-hydrogen) atoms. The van der Waals surface area contributed by atoms with E-state index in [1.807, 2.05) is 25.1 Å². The molecule has 0 atom stereocenters. The average Bonchev–Trinajstić information content (AvgIpc) is 3.22. The van der Waals surface area contributed by atoms with E-state index in [-0.39, 0.29) is 10.8 Å². The van der Waals surface area contributed by atoms with Crippen LogP contribution in [0.25, 0.3) is 10.8 Å². The van der Waals surface area contributed by atoms with Gasteiger partial charge in [0.15, 0.2) is 0 Å². The Hall–Kier alpha value is -3.64. The van der Waals surface area contributed by atoms with Gasteiger partial charge in [-0.05, 0) is 79.1 Å². The van der Waals surface area contributed by atoms with E-state index in [1.165, 1.54) is 16.5 Å². The predicted molar refractivity (Wildman–Crippen MR) is 132 cm³/mol. The number of hydrogen-bond acceptors (Lipinski definition) is 3. The first-order valence-corrected chi connectivity index (χ1v) is 12.4. The number of nitrogens with one attached hydrogen (secondary N) is 2. The highest BCUT2D eigenvalue weighted by Gasteiger charge is 2.20. The molecular formula is C27H24N2O3S. The van der Waals surface area contributed by atoms with Crippen LogP contribution in [0.4, 0.5) is 11.4 Å². The third-order valence-electron chi connectivity index (χ3n) is 6.28. The summed E-state index contributed by atoms with van der Waals surface area (Å²) >= 11 is 0. The van der Waals surface area contributed by atoms with Gasteiger partial charge in [-0.1, -0.05) is 48.0 Å². The molecule has 6 heteroatoms. The van der Waals surface area contributed by atoms with Crippen LogP contribution in [0.1, 0.15) is 32.6 Å². The van der Waals surface area contributed by atoms with Crippen molar-refractivity contribution in [1.29, 1.82) is 0 Å². The van der Waals surface area contributed by atoms with Crippen molar-refractivity contribution in [3.05, 3.63) is 101 Å². The zero-order valence-electron chi connectivity index (χ0n) is 18.5. The Morgan fingerprint density at radius 3 is 2.24 bits per heavy atom. The lowest BCUT2D eigenvalue weighted by Crippen LogP contribution is -2.17. The van der Waals surface area contributed by atoms with Crippen LogP contribution < -0.4 is 10.0 Å². The molecule has 0 heterocycles. The normalized spacial score (nSPS) is 12.7. The summed E-state index contributed by atoms with van der Waals surface area (Å²) in [5.74, 6) is -0.275. The largest absolute Gasteiger partial charge is 0.321 e. The molecule has 5 rings (SSSR count). The first-order valence-electron chi connectivity index (χ1n) is 10.9. The van der Waals surface area contributed by atoms with Crippen molar-refractivity contribution >= 4 is 38.1 Å². The predicted octanol–water partition coefficient (Wildman–Crippen LogP) is 5.61. The number of hydrogen-bond donors (Lipinski definition) is 2. The van der Waals surface area contributed by atoms with Gasteiger partial charge >= 0.3 is 0 Å². The van der Waals surface area contributed by atoms with Gasteiger partial charge in [-0.15, -0.1) is 0 Å². The Bertz CT molecular complexity index is 1500. The molecule has 0 aromatic heterocycles. The lowest BCUT2D eigenvalue weighted by atomic mass is 10.0. The first-order chi connectivity index (χ1) is 15.8. The number of benzene rings is 4. The minimum atomic E-state index is -3.77. The molecule has 0 aliphatic heterocycles. The molecule has 2 N–H and O–H groups in total. The second-order valence-corrected chi connectivity index (χ2v) is 10.1. The van der Waals surface area contributed by atoms with Gasteiger partial charge in [-0.3, -0.25) is 9.52 Å². The van der Waals surface area contributed by atoms with Crippen LogP contribution >= 0.6 is 0 Å². The van der Waals surface area contributed by atoms with E-state index in [9.17, 15) is 13.2 Å².